The number of hydrogen-bond acceptors (Lipinski definition) is 4. The van der Waals surface area contributed by atoms with E-state index in [0.29, 0.717) is 17.4 Å². The van der Waals surface area contributed by atoms with Gasteiger partial charge in [0.25, 0.3) is 5.91 Å². The van der Waals surface area contributed by atoms with Gasteiger partial charge in [0.1, 0.15) is 5.75 Å². The molecule has 1 aliphatic heterocycles. The molecule has 0 aromatic heterocycles. The van der Waals surface area contributed by atoms with E-state index in [2.05, 4.69) is 5.32 Å². The maximum absolute atomic E-state index is 11.9. The van der Waals surface area contributed by atoms with Crippen molar-refractivity contribution in [3.8, 4) is 5.75 Å². The van der Waals surface area contributed by atoms with Gasteiger partial charge in [-0.05, 0) is 30.7 Å². The van der Waals surface area contributed by atoms with Crippen LogP contribution in [-0.2, 0) is 14.3 Å². The fraction of sp³-hybridized carbons (Fsp3) is 0.429. The highest BCUT2D eigenvalue weighted by atomic mass is 35.5. The standard InChI is InChI=1S/C14H16ClNO5/c1-9-6-10(2-3-11(9)15)21-7-12(17)16-14(13(18)19)4-5-20-8-14/h2-3,6H,4-5,7-8H2,1H3,(H,16,17)(H,18,19). The van der Waals surface area contributed by atoms with Gasteiger partial charge in [0.15, 0.2) is 12.1 Å². The lowest BCUT2D eigenvalue weighted by Gasteiger charge is -2.23. The predicted molar refractivity (Wildman–Crippen MR) is 75.6 cm³/mol. The number of benzene rings is 1. The highest BCUT2D eigenvalue weighted by Crippen LogP contribution is 2.21. The van der Waals surface area contributed by atoms with Gasteiger partial charge >= 0.3 is 5.97 Å². The Hall–Kier alpha value is -1.79. The summed E-state index contributed by atoms with van der Waals surface area (Å²) in [5.74, 6) is -1.11. The first-order chi connectivity index (χ1) is 9.93. The van der Waals surface area contributed by atoms with Gasteiger partial charge in [0, 0.05) is 18.1 Å². The molecule has 0 radical (unpaired) electrons. The molecule has 7 heteroatoms. The molecule has 114 valence electrons. The summed E-state index contributed by atoms with van der Waals surface area (Å²) in [6.07, 6.45) is 0.244. The fourth-order valence-corrected chi connectivity index (χ4v) is 2.16. The lowest BCUT2D eigenvalue weighted by atomic mass is 9.99. The van der Waals surface area contributed by atoms with Crippen LogP contribution in [0.3, 0.4) is 0 Å². The molecule has 21 heavy (non-hydrogen) atoms. The Morgan fingerprint density at radius 2 is 2.29 bits per heavy atom. The van der Waals surface area contributed by atoms with E-state index in [1.807, 2.05) is 6.92 Å². The molecule has 6 nitrogen and oxygen atoms in total. The molecule has 1 fully saturated rings. The Morgan fingerprint density at radius 3 is 2.86 bits per heavy atom. The van der Waals surface area contributed by atoms with E-state index in [1.165, 1.54) is 0 Å². The Kier molecular flexibility index (Phi) is 4.69. The maximum atomic E-state index is 11.9. The van der Waals surface area contributed by atoms with Crippen LogP contribution in [0.15, 0.2) is 18.2 Å². The van der Waals surface area contributed by atoms with Crippen LogP contribution in [0, 0.1) is 6.92 Å². The number of nitrogens with one attached hydrogen (secondary N) is 1. The number of carboxylic acid groups (broad SMARTS) is 1. The van der Waals surface area contributed by atoms with Gasteiger partial charge in [0.05, 0.1) is 6.61 Å². The van der Waals surface area contributed by atoms with Crippen molar-refractivity contribution in [3.05, 3.63) is 28.8 Å². The summed E-state index contributed by atoms with van der Waals surface area (Å²) in [5, 5.41) is 12.3. The van der Waals surface area contributed by atoms with E-state index in [-0.39, 0.29) is 19.6 Å². The first kappa shape index (κ1) is 15.6. The van der Waals surface area contributed by atoms with E-state index in [1.54, 1.807) is 18.2 Å². The zero-order chi connectivity index (χ0) is 15.5. The number of carbonyl (C=O) groups is 2. The molecule has 1 amide bonds. The van der Waals surface area contributed by atoms with Crippen molar-refractivity contribution in [3.63, 3.8) is 0 Å². The zero-order valence-electron chi connectivity index (χ0n) is 11.5. The smallest absolute Gasteiger partial charge is 0.331 e. The Balaban J connectivity index is 1.92. The number of aryl methyl sites for hydroxylation is 1. The first-order valence-electron chi connectivity index (χ1n) is 6.44. The summed E-state index contributed by atoms with van der Waals surface area (Å²) in [6, 6.07) is 5.03. The number of amides is 1. The quantitative estimate of drug-likeness (QED) is 0.858. The fourth-order valence-electron chi connectivity index (χ4n) is 2.04. The van der Waals surface area contributed by atoms with Crippen molar-refractivity contribution >= 4 is 23.5 Å². The summed E-state index contributed by atoms with van der Waals surface area (Å²) in [6.45, 7) is 1.83. The molecule has 2 rings (SSSR count). The van der Waals surface area contributed by atoms with Gasteiger partial charge in [-0.15, -0.1) is 0 Å². The summed E-state index contributed by atoms with van der Waals surface area (Å²) in [7, 11) is 0. The average Bonchev–Trinajstić information content (AvgIpc) is 2.90. The Bertz CT molecular complexity index is 554. The van der Waals surface area contributed by atoms with Gasteiger partial charge in [0.2, 0.25) is 0 Å². The van der Waals surface area contributed by atoms with Crippen LogP contribution in [-0.4, -0.2) is 42.3 Å². The van der Waals surface area contributed by atoms with Crippen LogP contribution in [0.5, 0.6) is 5.75 Å². The minimum atomic E-state index is -1.35. The number of aliphatic carboxylic acids is 1. The maximum Gasteiger partial charge on any atom is 0.331 e. The van der Waals surface area contributed by atoms with Gasteiger partial charge in [-0.25, -0.2) is 4.79 Å². The molecule has 0 saturated carbocycles. The molecule has 1 aromatic rings. The summed E-state index contributed by atoms with van der Waals surface area (Å²) in [5.41, 5.74) is -0.517. The number of hydrogen-bond donors (Lipinski definition) is 2. The van der Waals surface area contributed by atoms with Crippen molar-refractivity contribution in [1.82, 2.24) is 5.32 Å². The minimum Gasteiger partial charge on any atom is -0.484 e. The third-order valence-electron chi connectivity index (χ3n) is 3.31. The average molecular weight is 314 g/mol. The second-order valence-corrected chi connectivity index (χ2v) is 5.34. The van der Waals surface area contributed by atoms with Gasteiger partial charge in [-0.3, -0.25) is 4.79 Å². The van der Waals surface area contributed by atoms with Crippen LogP contribution >= 0.6 is 11.6 Å². The molecular weight excluding hydrogens is 298 g/mol. The molecule has 0 aliphatic carbocycles. The molecular formula is C14H16ClNO5. The second kappa shape index (κ2) is 6.32. The van der Waals surface area contributed by atoms with E-state index >= 15 is 0 Å². The second-order valence-electron chi connectivity index (χ2n) is 4.94. The number of carboxylic acids is 1. The molecule has 1 unspecified atom stereocenters. The predicted octanol–water partition coefficient (Wildman–Crippen LogP) is 1.39. The van der Waals surface area contributed by atoms with Gasteiger partial charge in [-0.1, -0.05) is 11.6 Å². The van der Waals surface area contributed by atoms with E-state index in [4.69, 9.17) is 21.1 Å². The normalized spacial score (nSPS) is 21.0. The van der Waals surface area contributed by atoms with Crippen molar-refractivity contribution < 1.29 is 24.2 Å². The van der Waals surface area contributed by atoms with Gasteiger partial charge < -0.3 is 19.9 Å². The SMILES string of the molecule is Cc1cc(OCC(=O)NC2(C(=O)O)CCOC2)ccc1Cl. The summed E-state index contributed by atoms with van der Waals surface area (Å²) < 4.78 is 10.4. The van der Waals surface area contributed by atoms with Crippen LogP contribution in [0.1, 0.15) is 12.0 Å². The highest BCUT2D eigenvalue weighted by molar-refractivity contribution is 6.31. The Morgan fingerprint density at radius 1 is 1.52 bits per heavy atom. The largest absolute Gasteiger partial charge is 0.484 e. The van der Waals surface area contributed by atoms with Crippen molar-refractivity contribution in [2.75, 3.05) is 19.8 Å². The molecule has 1 atom stereocenters. The molecule has 1 aromatic carbocycles. The van der Waals surface area contributed by atoms with Gasteiger partial charge in [-0.2, -0.15) is 0 Å². The number of carbonyl (C=O) groups excluding carboxylic acids is 1. The van der Waals surface area contributed by atoms with Crippen LogP contribution in [0.2, 0.25) is 5.02 Å². The molecule has 0 spiro atoms. The topological polar surface area (TPSA) is 84.9 Å². The lowest BCUT2D eigenvalue weighted by molar-refractivity contribution is -0.148. The van der Waals surface area contributed by atoms with E-state index < -0.39 is 17.4 Å². The zero-order valence-corrected chi connectivity index (χ0v) is 12.3. The van der Waals surface area contributed by atoms with Crippen LogP contribution < -0.4 is 10.1 Å². The monoisotopic (exact) mass is 313 g/mol. The number of rotatable bonds is 5. The molecule has 1 aliphatic rings. The minimum absolute atomic E-state index is 0.0336. The summed E-state index contributed by atoms with van der Waals surface area (Å²) >= 11 is 5.90. The van der Waals surface area contributed by atoms with Crippen molar-refractivity contribution in [1.29, 1.82) is 0 Å². The summed E-state index contributed by atoms with van der Waals surface area (Å²) in [4.78, 5) is 23.1. The highest BCUT2D eigenvalue weighted by Gasteiger charge is 2.43. The molecule has 1 heterocycles. The van der Waals surface area contributed by atoms with Crippen molar-refractivity contribution in [2.24, 2.45) is 0 Å². The third kappa shape index (κ3) is 3.65. The third-order valence-corrected chi connectivity index (χ3v) is 3.73. The lowest BCUT2D eigenvalue weighted by Crippen LogP contribution is -2.56. The first-order valence-corrected chi connectivity index (χ1v) is 6.82. The van der Waals surface area contributed by atoms with Crippen molar-refractivity contribution in [2.45, 2.75) is 18.9 Å². The number of ether oxygens (including phenoxy) is 2. The Labute approximate surface area is 127 Å². The van der Waals surface area contributed by atoms with E-state index in [0.717, 1.165) is 5.56 Å². The number of halogens is 1. The van der Waals surface area contributed by atoms with Crippen LogP contribution in [0.25, 0.3) is 0 Å². The molecule has 0 bridgehead atoms. The van der Waals surface area contributed by atoms with Crippen LogP contribution in [0.4, 0.5) is 0 Å². The van der Waals surface area contributed by atoms with E-state index in [9.17, 15) is 14.7 Å². The molecule has 2 N–H and O–H groups in total. The molecule has 1 saturated heterocycles.